The fraction of sp³-hybridized carbons (Fsp3) is 0.611. The first kappa shape index (κ1) is 14.2. The first-order valence-electron chi connectivity index (χ1n) is 8.68. The van der Waals surface area contributed by atoms with Crippen molar-refractivity contribution in [2.75, 3.05) is 6.61 Å². The first-order valence-corrected chi connectivity index (χ1v) is 8.68. The van der Waals surface area contributed by atoms with Crippen LogP contribution in [0.2, 0.25) is 0 Å². The van der Waals surface area contributed by atoms with Crippen LogP contribution in [0.25, 0.3) is 0 Å². The van der Waals surface area contributed by atoms with E-state index in [1.54, 1.807) is 0 Å². The van der Waals surface area contributed by atoms with Gasteiger partial charge >= 0.3 is 5.97 Å². The summed E-state index contributed by atoms with van der Waals surface area (Å²) in [5, 5.41) is 10.8. The summed E-state index contributed by atoms with van der Waals surface area (Å²) in [6.07, 6.45) is 0.858. The molecule has 0 aromatic heterocycles. The van der Waals surface area contributed by atoms with Crippen LogP contribution in [0, 0.1) is 57.0 Å². The summed E-state index contributed by atoms with van der Waals surface area (Å²) in [6.45, 7) is 0.0281. The Kier molecular flexibility index (Phi) is 2.19. The van der Waals surface area contributed by atoms with Gasteiger partial charge < -0.3 is 4.74 Å². The van der Waals surface area contributed by atoms with E-state index in [1.807, 2.05) is 0 Å². The molecule has 7 heteroatoms. The van der Waals surface area contributed by atoms with Crippen molar-refractivity contribution in [3.63, 3.8) is 0 Å². The maximum absolute atomic E-state index is 14.6. The van der Waals surface area contributed by atoms with Gasteiger partial charge in [-0.1, -0.05) is 6.07 Å². The standard InChI is InChI=1S/C18H15F2NO4/c19-18(20)14-11-9-5-10-12(11)13(14)17(10,15(9)18)6-25-16(22)7-2-1-3-8(4-7)21(23)24/h1-4,9-15H,5-6H2. The lowest BCUT2D eigenvalue weighted by molar-refractivity contribution is -0.384. The highest BCUT2D eigenvalue weighted by molar-refractivity contribution is 5.90. The number of nitro benzene ring substituents is 1. The van der Waals surface area contributed by atoms with Crippen LogP contribution in [0.3, 0.4) is 0 Å². The SMILES string of the molecule is O=C(OCC12C3CC4C5C3C1C5C(F)(F)C42)c1cccc([N+](=O)[O-])c1. The molecule has 6 aliphatic carbocycles. The Labute approximate surface area is 141 Å². The molecule has 4 bridgehead atoms. The highest BCUT2D eigenvalue weighted by Gasteiger charge is 2.98. The van der Waals surface area contributed by atoms with Gasteiger partial charge in [0.2, 0.25) is 0 Å². The number of alkyl halides is 2. The van der Waals surface area contributed by atoms with Gasteiger partial charge in [0, 0.05) is 29.4 Å². The van der Waals surface area contributed by atoms with E-state index in [1.165, 1.54) is 18.2 Å². The second kappa shape index (κ2) is 3.86. The predicted octanol–water partition coefficient (Wildman–Crippen LogP) is 3.14. The van der Waals surface area contributed by atoms with Crippen LogP contribution < -0.4 is 0 Å². The van der Waals surface area contributed by atoms with E-state index < -0.39 is 34.1 Å². The molecule has 0 radical (unpaired) electrons. The van der Waals surface area contributed by atoms with Gasteiger partial charge in [-0.25, -0.2) is 13.6 Å². The number of benzene rings is 1. The van der Waals surface area contributed by atoms with Crippen LogP contribution in [-0.4, -0.2) is 23.4 Å². The van der Waals surface area contributed by atoms with Gasteiger partial charge in [-0.3, -0.25) is 10.1 Å². The molecule has 6 saturated carbocycles. The lowest BCUT2D eigenvalue weighted by atomic mass is 9.34. The van der Waals surface area contributed by atoms with Crippen molar-refractivity contribution < 1.29 is 23.2 Å². The number of halogens is 2. The molecule has 0 heterocycles. The molecule has 6 aliphatic rings. The van der Waals surface area contributed by atoms with Crippen LogP contribution in [0.4, 0.5) is 14.5 Å². The maximum Gasteiger partial charge on any atom is 0.338 e. The number of rotatable bonds is 4. The average molecular weight is 347 g/mol. The van der Waals surface area contributed by atoms with E-state index in [9.17, 15) is 23.7 Å². The Balaban J connectivity index is 1.25. The van der Waals surface area contributed by atoms with E-state index in [4.69, 9.17) is 4.74 Å². The van der Waals surface area contributed by atoms with Gasteiger partial charge in [-0.15, -0.1) is 0 Å². The maximum atomic E-state index is 14.6. The Morgan fingerprint density at radius 2 is 2.12 bits per heavy atom. The second-order valence-corrected chi connectivity index (χ2v) is 8.36. The van der Waals surface area contributed by atoms with Crippen LogP contribution in [-0.2, 0) is 4.74 Å². The molecule has 25 heavy (non-hydrogen) atoms. The normalized spacial score (nSPS) is 48.2. The van der Waals surface area contributed by atoms with Gasteiger partial charge in [0.15, 0.2) is 0 Å². The van der Waals surface area contributed by atoms with E-state index in [-0.39, 0.29) is 41.5 Å². The van der Waals surface area contributed by atoms with Crippen LogP contribution >= 0.6 is 0 Å². The summed E-state index contributed by atoms with van der Waals surface area (Å²) in [5.41, 5.74) is -0.628. The third kappa shape index (κ3) is 1.24. The van der Waals surface area contributed by atoms with Crippen molar-refractivity contribution in [1.29, 1.82) is 0 Å². The zero-order chi connectivity index (χ0) is 17.3. The van der Waals surface area contributed by atoms with E-state index in [0.29, 0.717) is 5.92 Å². The van der Waals surface area contributed by atoms with Gasteiger partial charge in [0.05, 0.1) is 17.1 Å². The number of nitrogens with zero attached hydrogens (tertiary/aromatic N) is 1. The molecule has 0 spiro atoms. The van der Waals surface area contributed by atoms with Crippen molar-refractivity contribution in [3.8, 4) is 0 Å². The number of non-ortho nitro benzene ring substituents is 1. The molecule has 130 valence electrons. The van der Waals surface area contributed by atoms with E-state index >= 15 is 0 Å². The zero-order valence-corrected chi connectivity index (χ0v) is 13.1. The number of carbonyl (C=O) groups excluding carboxylic acids is 1. The van der Waals surface area contributed by atoms with E-state index in [2.05, 4.69) is 0 Å². The monoisotopic (exact) mass is 347 g/mol. The Hall–Kier alpha value is -2.05. The molecule has 1 aromatic rings. The average Bonchev–Trinajstić information content (AvgIpc) is 3.02. The molecule has 0 N–H and O–H groups in total. The minimum atomic E-state index is -2.61. The zero-order valence-electron chi connectivity index (χ0n) is 13.1. The molecule has 0 amide bonds. The molecule has 5 nitrogen and oxygen atoms in total. The van der Waals surface area contributed by atoms with Gasteiger partial charge in [0.1, 0.15) is 0 Å². The molecule has 0 aliphatic heterocycles. The third-order valence-electron chi connectivity index (χ3n) is 8.07. The highest BCUT2D eigenvalue weighted by Crippen LogP contribution is 2.96. The molecular weight excluding hydrogens is 332 g/mol. The van der Waals surface area contributed by atoms with Crippen molar-refractivity contribution in [2.45, 2.75) is 12.3 Å². The fourth-order valence-corrected chi connectivity index (χ4v) is 7.74. The summed E-state index contributed by atoms with van der Waals surface area (Å²) in [7, 11) is 0. The number of nitro groups is 1. The van der Waals surface area contributed by atoms with Crippen molar-refractivity contribution in [2.24, 2.45) is 46.8 Å². The predicted molar refractivity (Wildman–Crippen MR) is 79.8 cm³/mol. The van der Waals surface area contributed by atoms with Gasteiger partial charge in [-0.2, -0.15) is 0 Å². The molecule has 8 atom stereocenters. The summed E-state index contributed by atoms with van der Waals surface area (Å²) in [6, 6.07) is 5.33. The molecule has 0 saturated heterocycles. The summed E-state index contributed by atoms with van der Waals surface area (Å²) in [4.78, 5) is 22.6. The minimum absolute atomic E-state index is 0.0131. The fourth-order valence-electron chi connectivity index (χ4n) is 7.74. The third-order valence-corrected chi connectivity index (χ3v) is 8.07. The number of carbonyl (C=O) groups is 1. The Bertz CT molecular complexity index is 857. The highest BCUT2D eigenvalue weighted by atomic mass is 19.3. The van der Waals surface area contributed by atoms with Gasteiger partial charge in [-0.05, 0) is 42.1 Å². The van der Waals surface area contributed by atoms with Crippen molar-refractivity contribution in [1.82, 2.24) is 0 Å². The van der Waals surface area contributed by atoms with E-state index in [0.717, 1.165) is 12.5 Å². The Morgan fingerprint density at radius 1 is 1.32 bits per heavy atom. The number of hydrogen-bond donors (Lipinski definition) is 0. The van der Waals surface area contributed by atoms with Crippen LogP contribution in [0.1, 0.15) is 16.8 Å². The van der Waals surface area contributed by atoms with Crippen molar-refractivity contribution in [3.05, 3.63) is 39.9 Å². The van der Waals surface area contributed by atoms with Crippen LogP contribution in [0.15, 0.2) is 24.3 Å². The number of ether oxygens (including phenoxy) is 1. The minimum Gasteiger partial charge on any atom is -0.461 e. The summed E-state index contributed by atoms with van der Waals surface area (Å²) < 4.78 is 34.7. The molecular formula is C18H15F2NO4. The molecule has 6 fully saturated rings. The molecule has 8 unspecified atom stereocenters. The topological polar surface area (TPSA) is 69.4 Å². The summed E-state index contributed by atoms with van der Waals surface area (Å²) in [5.74, 6) is -3.37. The van der Waals surface area contributed by atoms with Crippen LogP contribution in [0.5, 0.6) is 0 Å². The quantitative estimate of drug-likeness (QED) is 0.477. The largest absolute Gasteiger partial charge is 0.461 e. The number of hydrogen-bond acceptors (Lipinski definition) is 4. The number of esters is 1. The smallest absolute Gasteiger partial charge is 0.338 e. The second-order valence-electron chi connectivity index (χ2n) is 8.36. The van der Waals surface area contributed by atoms with Gasteiger partial charge in [0.25, 0.3) is 11.6 Å². The van der Waals surface area contributed by atoms with Crippen molar-refractivity contribution >= 4 is 11.7 Å². The lowest BCUT2D eigenvalue weighted by Crippen LogP contribution is -2.69. The first-order chi connectivity index (χ1) is 11.9. The lowest BCUT2D eigenvalue weighted by Gasteiger charge is -2.69. The Morgan fingerprint density at radius 3 is 2.88 bits per heavy atom. The molecule has 1 aromatic carbocycles. The molecule has 7 rings (SSSR count). The summed E-state index contributed by atoms with van der Waals surface area (Å²) >= 11 is 0.